The second kappa shape index (κ2) is 9.71. The minimum atomic E-state index is -0.527. The van der Waals surface area contributed by atoms with Gasteiger partial charge in [-0.25, -0.2) is 0 Å². The number of hydrogen-bond acceptors (Lipinski definition) is 7. The molecule has 3 rings (SSSR count). The van der Waals surface area contributed by atoms with Crippen LogP contribution in [0.25, 0.3) is 0 Å². The molecule has 150 valence electrons. The topological polar surface area (TPSA) is 89.4 Å². The molecule has 9 heteroatoms. The Morgan fingerprint density at radius 2 is 1.90 bits per heavy atom. The SMILES string of the molecule is COc1ccc(/C=N/N=C2\NC(=O)C(CC(=O)c3ccc(Br)cc3)S2)cc1OC. The summed E-state index contributed by atoms with van der Waals surface area (Å²) in [6.07, 6.45) is 1.64. The van der Waals surface area contributed by atoms with Crippen LogP contribution in [0, 0.1) is 0 Å². The van der Waals surface area contributed by atoms with E-state index in [2.05, 4.69) is 31.4 Å². The molecule has 0 bridgehead atoms. The normalized spacial score (nSPS) is 17.6. The molecule has 0 saturated carbocycles. The van der Waals surface area contributed by atoms with Crippen molar-refractivity contribution in [3.05, 3.63) is 58.1 Å². The number of nitrogens with zero attached hydrogens (tertiary/aromatic N) is 2. The lowest BCUT2D eigenvalue weighted by Crippen LogP contribution is -2.26. The highest BCUT2D eigenvalue weighted by atomic mass is 79.9. The average Bonchev–Trinajstić information content (AvgIpc) is 3.07. The van der Waals surface area contributed by atoms with Gasteiger partial charge in [-0.05, 0) is 35.9 Å². The zero-order valence-electron chi connectivity index (χ0n) is 15.7. The van der Waals surface area contributed by atoms with Crippen molar-refractivity contribution in [3.63, 3.8) is 0 Å². The number of carbonyl (C=O) groups excluding carboxylic acids is 2. The summed E-state index contributed by atoms with van der Waals surface area (Å²) in [5.74, 6) is 0.854. The Balaban J connectivity index is 1.62. The molecule has 1 amide bonds. The van der Waals surface area contributed by atoms with Crippen molar-refractivity contribution in [3.8, 4) is 11.5 Å². The molecule has 2 aromatic carbocycles. The Hall–Kier alpha value is -2.65. The van der Waals surface area contributed by atoms with E-state index in [0.717, 1.165) is 10.0 Å². The number of benzene rings is 2. The number of carbonyl (C=O) groups is 2. The first-order valence-electron chi connectivity index (χ1n) is 8.59. The van der Waals surface area contributed by atoms with Gasteiger partial charge < -0.3 is 14.8 Å². The predicted octanol–water partition coefficient (Wildman–Crippen LogP) is 3.66. The summed E-state index contributed by atoms with van der Waals surface area (Å²) in [4.78, 5) is 24.5. The average molecular weight is 476 g/mol. The van der Waals surface area contributed by atoms with E-state index in [9.17, 15) is 9.59 Å². The number of amides is 1. The first-order chi connectivity index (χ1) is 14.0. The number of halogens is 1. The van der Waals surface area contributed by atoms with Crippen LogP contribution in [0.15, 0.2) is 57.1 Å². The van der Waals surface area contributed by atoms with Crippen LogP contribution in [-0.2, 0) is 4.79 Å². The Bertz CT molecular complexity index is 976. The fourth-order valence-corrected chi connectivity index (χ4v) is 3.78. The van der Waals surface area contributed by atoms with E-state index in [1.54, 1.807) is 56.8 Å². The summed E-state index contributed by atoms with van der Waals surface area (Å²) in [7, 11) is 3.12. The van der Waals surface area contributed by atoms with E-state index < -0.39 is 5.25 Å². The third-order valence-electron chi connectivity index (χ3n) is 4.08. The number of Topliss-reactive ketones (excluding diaryl/α,β-unsaturated/α-hetero) is 1. The van der Waals surface area contributed by atoms with Gasteiger partial charge in [0.1, 0.15) is 0 Å². The molecule has 0 radical (unpaired) electrons. The summed E-state index contributed by atoms with van der Waals surface area (Å²) in [6, 6.07) is 12.4. The van der Waals surface area contributed by atoms with E-state index in [1.165, 1.54) is 11.8 Å². The molecule has 1 unspecified atom stereocenters. The second-order valence-electron chi connectivity index (χ2n) is 5.99. The highest BCUT2D eigenvalue weighted by molar-refractivity contribution is 9.10. The summed E-state index contributed by atoms with van der Waals surface area (Å²) in [5.41, 5.74) is 1.33. The summed E-state index contributed by atoms with van der Waals surface area (Å²) >= 11 is 4.53. The van der Waals surface area contributed by atoms with Gasteiger partial charge in [0.2, 0.25) is 5.91 Å². The van der Waals surface area contributed by atoms with Crippen LogP contribution < -0.4 is 14.8 Å². The van der Waals surface area contributed by atoms with Gasteiger partial charge in [-0.15, -0.1) is 5.10 Å². The first-order valence-corrected chi connectivity index (χ1v) is 10.3. The molecular weight excluding hydrogens is 458 g/mol. The molecule has 1 atom stereocenters. The lowest BCUT2D eigenvalue weighted by molar-refractivity contribution is -0.118. The summed E-state index contributed by atoms with van der Waals surface area (Å²) in [5, 5.41) is 10.5. The van der Waals surface area contributed by atoms with Crippen LogP contribution in [0.5, 0.6) is 11.5 Å². The van der Waals surface area contributed by atoms with Gasteiger partial charge in [0.05, 0.1) is 25.7 Å². The number of amidine groups is 1. The summed E-state index contributed by atoms with van der Waals surface area (Å²) < 4.78 is 11.3. The Morgan fingerprint density at radius 3 is 2.59 bits per heavy atom. The van der Waals surface area contributed by atoms with Crippen LogP contribution in [0.3, 0.4) is 0 Å². The number of methoxy groups -OCH3 is 2. The van der Waals surface area contributed by atoms with Gasteiger partial charge in [-0.1, -0.05) is 39.8 Å². The molecule has 0 spiro atoms. The standard InChI is InChI=1S/C20H18BrN3O4S/c1-27-16-8-3-12(9-17(16)28-2)11-22-24-20-23-19(26)18(29-20)10-15(25)13-4-6-14(21)7-5-13/h3-9,11,18H,10H2,1-2H3,(H,23,24,26)/b22-11+. The summed E-state index contributed by atoms with van der Waals surface area (Å²) in [6.45, 7) is 0. The van der Waals surface area contributed by atoms with Crippen LogP contribution in [0.2, 0.25) is 0 Å². The molecule has 1 saturated heterocycles. The molecule has 1 fully saturated rings. The molecule has 2 aromatic rings. The maximum absolute atomic E-state index is 12.4. The predicted molar refractivity (Wildman–Crippen MR) is 117 cm³/mol. The maximum Gasteiger partial charge on any atom is 0.240 e. The molecule has 1 aliphatic heterocycles. The van der Waals surface area contributed by atoms with Crippen molar-refractivity contribution in [2.24, 2.45) is 10.2 Å². The van der Waals surface area contributed by atoms with Gasteiger partial charge in [-0.2, -0.15) is 5.10 Å². The largest absolute Gasteiger partial charge is 0.493 e. The fraction of sp³-hybridized carbons (Fsp3) is 0.200. The van der Waals surface area contributed by atoms with Crippen LogP contribution in [0.1, 0.15) is 22.3 Å². The third-order valence-corrected chi connectivity index (χ3v) is 5.68. The minimum Gasteiger partial charge on any atom is -0.493 e. The quantitative estimate of drug-likeness (QED) is 0.374. The van der Waals surface area contributed by atoms with Gasteiger partial charge >= 0.3 is 0 Å². The Labute approximate surface area is 180 Å². The van der Waals surface area contributed by atoms with E-state index in [4.69, 9.17) is 9.47 Å². The first kappa shape index (κ1) is 21.1. The van der Waals surface area contributed by atoms with E-state index >= 15 is 0 Å². The number of ketones is 1. The smallest absolute Gasteiger partial charge is 0.240 e. The Morgan fingerprint density at radius 1 is 1.17 bits per heavy atom. The van der Waals surface area contributed by atoms with Crippen molar-refractivity contribution >= 4 is 50.8 Å². The molecule has 7 nitrogen and oxygen atoms in total. The number of rotatable bonds is 7. The third kappa shape index (κ3) is 5.45. The molecule has 1 heterocycles. The van der Waals surface area contributed by atoms with Crippen molar-refractivity contribution in [1.29, 1.82) is 0 Å². The molecule has 29 heavy (non-hydrogen) atoms. The molecule has 0 aromatic heterocycles. The Kier molecular flexibility index (Phi) is 7.05. The van der Waals surface area contributed by atoms with E-state index in [1.807, 2.05) is 6.07 Å². The van der Waals surface area contributed by atoms with Crippen molar-refractivity contribution in [2.45, 2.75) is 11.7 Å². The van der Waals surface area contributed by atoms with Crippen molar-refractivity contribution < 1.29 is 19.1 Å². The number of thioether (sulfide) groups is 1. The maximum atomic E-state index is 12.4. The molecular formula is C20H18BrN3O4S. The zero-order valence-corrected chi connectivity index (χ0v) is 18.1. The van der Waals surface area contributed by atoms with Crippen LogP contribution in [0.4, 0.5) is 0 Å². The van der Waals surface area contributed by atoms with Gasteiger partial charge in [0.15, 0.2) is 22.4 Å². The number of ether oxygens (including phenoxy) is 2. The van der Waals surface area contributed by atoms with Crippen molar-refractivity contribution in [2.75, 3.05) is 14.2 Å². The number of hydrogen-bond donors (Lipinski definition) is 1. The van der Waals surface area contributed by atoms with Crippen LogP contribution >= 0.6 is 27.7 Å². The van der Waals surface area contributed by atoms with Gasteiger partial charge in [-0.3, -0.25) is 9.59 Å². The van der Waals surface area contributed by atoms with E-state index in [0.29, 0.717) is 22.2 Å². The molecule has 0 aliphatic carbocycles. The van der Waals surface area contributed by atoms with Gasteiger partial charge in [0, 0.05) is 16.5 Å². The van der Waals surface area contributed by atoms with Crippen LogP contribution in [-0.4, -0.2) is 42.5 Å². The van der Waals surface area contributed by atoms with E-state index in [-0.39, 0.29) is 18.1 Å². The van der Waals surface area contributed by atoms with Gasteiger partial charge in [0.25, 0.3) is 0 Å². The lowest BCUT2D eigenvalue weighted by Gasteiger charge is -2.07. The zero-order chi connectivity index (χ0) is 20.8. The second-order valence-corrected chi connectivity index (χ2v) is 8.10. The van der Waals surface area contributed by atoms with Crippen molar-refractivity contribution in [1.82, 2.24) is 5.32 Å². The molecule has 1 N–H and O–H groups in total. The highest BCUT2D eigenvalue weighted by Gasteiger charge is 2.32. The fourth-order valence-electron chi connectivity index (χ4n) is 2.59. The highest BCUT2D eigenvalue weighted by Crippen LogP contribution is 2.27. The lowest BCUT2D eigenvalue weighted by atomic mass is 10.1. The number of nitrogens with one attached hydrogen (secondary N) is 1. The molecule has 1 aliphatic rings. The minimum absolute atomic E-state index is 0.0938. The monoisotopic (exact) mass is 475 g/mol.